The second-order valence-corrected chi connectivity index (χ2v) is 4.09. The van der Waals surface area contributed by atoms with Crippen molar-refractivity contribution in [3.05, 3.63) is 35.4 Å². The highest BCUT2D eigenvalue weighted by Gasteiger charge is 2.45. The molecule has 0 saturated heterocycles. The fourth-order valence-corrected chi connectivity index (χ4v) is 1.89. The van der Waals surface area contributed by atoms with Crippen LogP contribution in [-0.4, -0.2) is 13.1 Å². The van der Waals surface area contributed by atoms with Crippen molar-refractivity contribution in [3.8, 4) is 0 Å². The van der Waals surface area contributed by atoms with E-state index in [1.54, 1.807) is 0 Å². The van der Waals surface area contributed by atoms with E-state index < -0.39 is 11.7 Å². The van der Waals surface area contributed by atoms with Crippen molar-refractivity contribution in [2.24, 2.45) is 5.92 Å². The van der Waals surface area contributed by atoms with Crippen molar-refractivity contribution in [1.29, 1.82) is 0 Å². The molecule has 92 valence electrons. The Morgan fingerprint density at radius 2 is 1.88 bits per heavy atom. The van der Waals surface area contributed by atoms with Gasteiger partial charge in [0.1, 0.15) is 0 Å². The SMILES string of the molecule is COC(=O)[C@H]1C[C@@H]1c1ccc(C(F)(F)F)cc1. The number of ether oxygens (including phenoxy) is 1. The van der Waals surface area contributed by atoms with Crippen LogP contribution in [0.25, 0.3) is 0 Å². The standard InChI is InChI=1S/C12H11F3O2/c1-17-11(16)10-6-9(10)7-2-4-8(5-3-7)12(13,14)15/h2-5,9-10H,6H2,1H3/t9-,10+/m1/s1. The number of carbonyl (C=O) groups is 1. The summed E-state index contributed by atoms with van der Waals surface area (Å²) in [6, 6.07) is 4.94. The topological polar surface area (TPSA) is 26.3 Å². The highest BCUT2D eigenvalue weighted by Crippen LogP contribution is 2.48. The molecule has 1 fully saturated rings. The van der Waals surface area contributed by atoms with Crippen LogP contribution in [0.2, 0.25) is 0 Å². The maximum atomic E-state index is 12.3. The van der Waals surface area contributed by atoms with Crippen LogP contribution in [0.1, 0.15) is 23.5 Å². The Labute approximate surface area is 96.4 Å². The highest BCUT2D eigenvalue weighted by atomic mass is 19.4. The molecule has 17 heavy (non-hydrogen) atoms. The fraction of sp³-hybridized carbons (Fsp3) is 0.417. The molecule has 0 aliphatic heterocycles. The lowest BCUT2D eigenvalue weighted by Gasteiger charge is -2.07. The number of rotatable bonds is 2. The molecule has 0 amide bonds. The molecule has 1 aliphatic rings. The zero-order valence-corrected chi connectivity index (χ0v) is 9.12. The van der Waals surface area contributed by atoms with Crippen LogP contribution in [0.5, 0.6) is 0 Å². The van der Waals surface area contributed by atoms with E-state index in [0.29, 0.717) is 6.42 Å². The Morgan fingerprint density at radius 3 is 2.35 bits per heavy atom. The predicted octanol–water partition coefficient (Wildman–Crippen LogP) is 2.98. The van der Waals surface area contributed by atoms with Crippen molar-refractivity contribution >= 4 is 5.97 Å². The van der Waals surface area contributed by atoms with Gasteiger partial charge in [0.2, 0.25) is 0 Å². The number of methoxy groups -OCH3 is 1. The summed E-state index contributed by atoms with van der Waals surface area (Å²) >= 11 is 0. The van der Waals surface area contributed by atoms with E-state index in [9.17, 15) is 18.0 Å². The third-order valence-corrected chi connectivity index (χ3v) is 2.96. The summed E-state index contributed by atoms with van der Waals surface area (Å²) in [5.74, 6) is -0.489. The molecule has 0 heterocycles. The Morgan fingerprint density at radius 1 is 1.29 bits per heavy atom. The van der Waals surface area contributed by atoms with Crippen molar-refractivity contribution < 1.29 is 22.7 Å². The summed E-state index contributed by atoms with van der Waals surface area (Å²) < 4.78 is 41.5. The van der Waals surface area contributed by atoms with Crippen LogP contribution < -0.4 is 0 Å². The number of hydrogen-bond acceptors (Lipinski definition) is 2. The minimum absolute atomic E-state index is 0.00438. The van der Waals surface area contributed by atoms with Gasteiger partial charge in [0, 0.05) is 0 Å². The lowest BCUT2D eigenvalue weighted by atomic mass is 10.1. The van der Waals surface area contributed by atoms with Crippen LogP contribution in [-0.2, 0) is 15.7 Å². The van der Waals surface area contributed by atoms with Crippen molar-refractivity contribution in [2.45, 2.75) is 18.5 Å². The number of carbonyl (C=O) groups excluding carboxylic acids is 1. The van der Waals surface area contributed by atoms with E-state index in [2.05, 4.69) is 4.74 Å². The number of alkyl halides is 3. The lowest BCUT2D eigenvalue weighted by Crippen LogP contribution is -2.05. The molecule has 1 aliphatic carbocycles. The Kier molecular flexibility index (Phi) is 2.85. The van der Waals surface area contributed by atoms with Crippen LogP contribution >= 0.6 is 0 Å². The Balaban J connectivity index is 2.08. The molecule has 0 unspecified atom stereocenters. The molecule has 2 nitrogen and oxygen atoms in total. The maximum Gasteiger partial charge on any atom is 0.416 e. The summed E-state index contributed by atoms with van der Waals surface area (Å²) in [7, 11) is 1.31. The van der Waals surface area contributed by atoms with E-state index in [1.165, 1.54) is 19.2 Å². The zero-order valence-electron chi connectivity index (χ0n) is 9.12. The van der Waals surface area contributed by atoms with Crippen LogP contribution in [0.3, 0.4) is 0 Å². The van der Waals surface area contributed by atoms with Crippen LogP contribution in [0.4, 0.5) is 13.2 Å². The van der Waals surface area contributed by atoms with Crippen molar-refractivity contribution in [3.63, 3.8) is 0 Å². The third kappa shape index (κ3) is 2.43. The molecule has 1 aromatic rings. The van der Waals surface area contributed by atoms with Gasteiger partial charge in [-0.05, 0) is 30.0 Å². The first-order valence-electron chi connectivity index (χ1n) is 5.18. The van der Waals surface area contributed by atoms with Gasteiger partial charge in [-0.1, -0.05) is 12.1 Å². The first-order valence-corrected chi connectivity index (χ1v) is 5.18. The van der Waals surface area contributed by atoms with Crippen molar-refractivity contribution in [1.82, 2.24) is 0 Å². The van der Waals surface area contributed by atoms with Crippen molar-refractivity contribution in [2.75, 3.05) is 7.11 Å². The first-order chi connectivity index (χ1) is 7.93. The normalized spacial score (nSPS) is 23.3. The third-order valence-electron chi connectivity index (χ3n) is 2.96. The van der Waals surface area contributed by atoms with Gasteiger partial charge >= 0.3 is 12.1 Å². The van der Waals surface area contributed by atoms with Gasteiger partial charge in [-0.15, -0.1) is 0 Å². The molecule has 5 heteroatoms. The second-order valence-electron chi connectivity index (χ2n) is 4.09. The number of halogens is 3. The molecule has 0 radical (unpaired) electrons. The van der Waals surface area contributed by atoms with Crippen LogP contribution in [0.15, 0.2) is 24.3 Å². The summed E-state index contributed by atoms with van der Waals surface area (Å²) in [6.07, 6.45) is -3.66. The highest BCUT2D eigenvalue weighted by molar-refractivity contribution is 5.77. The molecule has 1 saturated carbocycles. The van der Waals surface area contributed by atoms with Gasteiger partial charge in [0.15, 0.2) is 0 Å². The summed E-state index contributed by atoms with van der Waals surface area (Å²) in [6.45, 7) is 0. The molecular weight excluding hydrogens is 233 g/mol. The smallest absolute Gasteiger partial charge is 0.416 e. The van der Waals surface area contributed by atoms with E-state index >= 15 is 0 Å². The lowest BCUT2D eigenvalue weighted by molar-refractivity contribution is -0.142. The van der Waals surface area contributed by atoms with E-state index in [0.717, 1.165) is 17.7 Å². The van der Waals surface area contributed by atoms with Gasteiger partial charge in [-0.3, -0.25) is 4.79 Å². The van der Waals surface area contributed by atoms with Crippen LogP contribution in [0, 0.1) is 5.92 Å². The minimum atomic E-state index is -4.32. The monoisotopic (exact) mass is 244 g/mol. The van der Waals surface area contributed by atoms with Gasteiger partial charge in [-0.25, -0.2) is 0 Å². The quantitative estimate of drug-likeness (QED) is 0.747. The first kappa shape index (κ1) is 12.0. The maximum absolute atomic E-state index is 12.3. The molecule has 0 spiro atoms. The zero-order chi connectivity index (χ0) is 12.6. The molecule has 0 N–H and O–H groups in total. The minimum Gasteiger partial charge on any atom is -0.469 e. The second kappa shape index (κ2) is 4.05. The summed E-state index contributed by atoms with van der Waals surface area (Å²) in [5.41, 5.74) is 0.0879. The molecular formula is C12H11F3O2. The Bertz CT molecular complexity index is 422. The van der Waals surface area contributed by atoms with Gasteiger partial charge < -0.3 is 4.74 Å². The average molecular weight is 244 g/mol. The van der Waals surface area contributed by atoms with E-state index in [-0.39, 0.29) is 17.8 Å². The summed E-state index contributed by atoms with van der Waals surface area (Å²) in [4.78, 5) is 11.2. The van der Waals surface area contributed by atoms with Gasteiger partial charge in [0.25, 0.3) is 0 Å². The number of esters is 1. The summed E-state index contributed by atoms with van der Waals surface area (Å²) in [5, 5.41) is 0. The Hall–Kier alpha value is -1.52. The van der Waals surface area contributed by atoms with Gasteiger partial charge in [0.05, 0.1) is 18.6 Å². The average Bonchev–Trinajstić information content (AvgIpc) is 3.07. The molecule has 0 aromatic heterocycles. The number of hydrogen-bond donors (Lipinski definition) is 0. The fourth-order valence-electron chi connectivity index (χ4n) is 1.89. The molecule has 2 atom stereocenters. The van der Waals surface area contributed by atoms with E-state index in [4.69, 9.17) is 0 Å². The van der Waals surface area contributed by atoms with Gasteiger partial charge in [-0.2, -0.15) is 13.2 Å². The molecule has 1 aromatic carbocycles. The largest absolute Gasteiger partial charge is 0.469 e. The van der Waals surface area contributed by atoms with E-state index in [1.807, 2.05) is 0 Å². The molecule has 2 rings (SSSR count). The number of benzene rings is 1. The molecule has 0 bridgehead atoms. The predicted molar refractivity (Wildman–Crippen MR) is 54.3 cm³/mol.